The molecule has 2 rings (SSSR count). The molecule has 0 saturated heterocycles. The molecule has 6 heteroatoms. The van der Waals surface area contributed by atoms with Crippen molar-refractivity contribution in [2.24, 2.45) is 0 Å². The molecule has 110 valence electrons. The summed E-state index contributed by atoms with van der Waals surface area (Å²) < 4.78 is 28.9. The van der Waals surface area contributed by atoms with Crippen LogP contribution in [0.15, 0.2) is 36.4 Å². The Labute approximate surface area is 121 Å². The molecule has 0 spiro atoms. The molecule has 0 unspecified atom stereocenters. The smallest absolute Gasteiger partial charge is 0.340 e. The van der Waals surface area contributed by atoms with Crippen molar-refractivity contribution in [2.75, 3.05) is 20.0 Å². The topological polar surface area (TPSA) is 70.8 Å². The van der Waals surface area contributed by atoms with E-state index in [2.05, 4.69) is 4.74 Å². The van der Waals surface area contributed by atoms with E-state index in [-0.39, 0.29) is 17.0 Å². The number of methoxy groups -OCH3 is 2. The Morgan fingerprint density at radius 2 is 1.86 bits per heavy atom. The maximum absolute atomic E-state index is 13.9. The number of hydrogen-bond donors (Lipinski definition) is 1. The number of nitrogens with two attached hydrogens (primary N) is 1. The SMILES string of the molecule is COC(=O)c1cc(Oc2cccc(OC)c2)c(F)cc1N. The number of nitrogen functional groups attached to an aromatic ring is 1. The number of rotatable bonds is 4. The normalized spacial score (nSPS) is 10.0. The van der Waals surface area contributed by atoms with Crippen LogP contribution in [0, 0.1) is 5.82 Å². The first-order valence-corrected chi connectivity index (χ1v) is 6.04. The first-order chi connectivity index (χ1) is 10.0. The van der Waals surface area contributed by atoms with Crippen LogP contribution >= 0.6 is 0 Å². The van der Waals surface area contributed by atoms with Crippen molar-refractivity contribution in [3.05, 3.63) is 47.8 Å². The van der Waals surface area contributed by atoms with Gasteiger partial charge in [-0.05, 0) is 12.1 Å². The molecular weight excluding hydrogens is 277 g/mol. The molecule has 0 amide bonds. The summed E-state index contributed by atoms with van der Waals surface area (Å²) in [6.45, 7) is 0. The number of carbonyl (C=O) groups excluding carboxylic acids is 1. The van der Waals surface area contributed by atoms with E-state index in [1.54, 1.807) is 24.3 Å². The summed E-state index contributed by atoms with van der Waals surface area (Å²) in [7, 11) is 2.73. The van der Waals surface area contributed by atoms with E-state index in [9.17, 15) is 9.18 Å². The molecule has 0 radical (unpaired) electrons. The second kappa shape index (κ2) is 6.13. The summed E-state index contributed by atoms with van der Waals surface area (Å²) in [5.74, 6) is -0.533. The van der Waals surface area contributed by atoms with Crippen LogP contribution in [0.2, 0.25) is 0 Å². The van der Waals surface area contributed by atoms with Gasteiger partial charge in [0, 0.05) is 23.9 Å². The van der Waals surface area contributed by atoms with Crippen LogP contribution in [0.4, 0.5) is 10.1 Å². The lowest BCUT2D eigenvalue weighted by atomic mass is 10.1. The van der Waals surface area contributed by atoms with Crippen molar-refractivity contribution in [1.29, 1.82) is 0 Å². The summed E-state index contributed by atoms with van der Waals surface area (Å²) in [4.78, 5) is 11.6. The summed E-state index contributed by atoms with van der Waals surface area (Å²) in [5.41, 5.74) is 5.61. The zero-order chi connectivity index (χ0) is 15.4. The van der Waals surface area contributed by atoms with Gasteiger partial charge in [-0.1, -0.05) is 6.07 Å². The lowest BCUT2D eigenvalue weighted by molar-refractivity contribution is 0.0601. The average molecular weight is 291 g/mol. The van der Waals surface area contributed by atoms with E-state index in [0.29, 0.717) is 11.5 Å². The van der Waals surface area contributed by atoms with Gasteiger partial charge in [0.05, 0.1) is 19.8 Å². The van der Waals surface area contributed by atoms with Crippen molar-refractivity contribution < 1.29 is 23.4 Å². The Morgan fingerprint density at radius 1 is 1.14 bits per heavy atom. The minimum atomic E-state index is -0.678. The molecular formula is C15H14FNO4. The molecule has 0 aliphatic heterocycles. The Morgan fingerprint density at radius 3 is 2.52 bits per heavy atom. The van der Waals surface area contributed by atoms with Crippen LogP contribution in [0.5, 0.6) is 17.2 Å². The van der Waals surface area contributed by atoms with Gasteiger partial charge in [0.25, 0.3) is 0 Å². The zero-order valence-electron chi connectivity index (χ0n) is 11.6. The monoisotopic (exact) mass is 291 g/mol. The number of halogens is 1. The third kappa shape index (κ3) is 3.22. The van der Waals surface area contributed by atoms with Gasteiger partial charge >= 0.3 is 5.97 Å². The van der Waals surface area contributed by atoms with Crippen molar-refractivity contribution in [2.45, 2.75) is 0 Å². The standard InChI is InChI=1S/C15H14FNO4/c1-19-9-4-3-5-10(6-9)21-14-7-11(15(18)20-2)13(17)8-12(14)16/h3-8H,17H2,1-2H3. The zero-order valence-corrected chi connectivity index (χ0v) is 11.6. The molecule has 0 bridgehead atoms. The molecule has 0 aromatic heterocycles. The molecule has 2 aromatic carbocycles. The Bertz CT molecular complexity index is 673. The van der Waals surface area contributed by atoms with Crippen LogP contribution in [0.1, 0.15) is 10.4 Å². The molecule has 0 atom stereocenters. The van der Waals surface area contributed by atoms with Crippen LogP contribution in [0.25, 0.3) is 0 Å². The molecule has 0 aliphatic carbocycles. The largest absolute Gasteiger partial charge is 0.497 e. The van der Waals surface area contributed by atoms with Gasteiger partial charge in [0.2, 0.25) is 0 Å². The van der Waals surface area contributed by atoms with Gasteiger partial charge in [-0.3, -0.25) is 0 Å². The van der Waals surface area contributed by atoms with Crippen LogP contribution in [0.3, 0.4) is 0 Å². The van der Waals surface area contributed by atoms with E-state index in [4.69, 9.17) is 15.2 Å². The molecule has 0 fully saturated rings. The third-order valence-corrected chi connectivity index (χ3v) is 2.78. The highest BCUT2D eigenvalue weighted by Gasteiger charge is 2.16. The summed E-state index contributed by atoms with van der Waals surface area (Å²) >= 11 is 0. The highest BCUT2D eigenvalue weighted by atomic mass is 19.1. The fourth-order valence-electron chi connectivity index (χ4n) is 1.73. The Hall–Kier alpha value is -2.76. The minimum Gasteiger partial charge on any atom is -0.497 e. The van der Waals surface area contributed by atoms with E-state index < -0.39 is 11.8 Å². The molecule has 21 heavy (non-hydrogen) atoms. The number of benzene rings is 2. The molecule has 5 nitrogen and oxygen atoms in total. The Balaban J connectivity index is 2.37. The van der Waals surface area contributed by atoms with E-state index >= 15 is 0 Å². The van der Waals surface area contributed by atoms with Crippen LogP contribution < -0.4 is 15.2 Å². The highest BCUT2D eigenvalue weighted by molar-refractivity contribution is 5.95. The van der Waals surface area contributed by atoms with E-state index in [1.807, 2.05) is 0 Å². The lowest BCUT2D eigenvalue weighted by Crippen LogP contribution is -2.06. The van der Waals surface area contributed by atoms with Crippen molar-refractivity contribution in [3.8, 4) is 17.2 Å². The van der Waals surface area contributed by atoms with E-state index in [1.165, 1.54) is 20.3 Å². The first kappa shape index (κ1) is 14.6. The van der Waals surface area contributed by atoms with Gasteiger partial charge in [-0.25, -0.2) is 9.18 Å². The second-order valence-electron chi connectivity index (χ2n) is 4.14. The van der Waals surface area contributed by atoms with Gasteiger partial charge in [0.1, 0.15) is 11.5 Å². The Kier molecular flexibility index (Phi) is 4.27. The fraction of sp³-hybridized carbons (Fsp3) is 0.133. The summed E-state index contributed by atoms with van der Waals surface area (Å²) in [6.07, 6.45) is 0. The van der Waals surface area contributed by atoms with Crippen LogP contribution in [-0.4, -0.2) is 20.2 Å². The molecule has 2 N–H and O–H groups in total. The van der Waals surface area contributed by atoms with Gasteiger partial charge in [-0.2, -0.15) is 0 Å². The third-order valence-electron chi connectivity index (χ3n) is 2.78. The van der Waals surface area contributed by atoms with Gasteiger partial charge in [-0.15, -0.1) is 0 Å². The maximum Gasteiger partial charge on any atom is 0.340 e. The quantitative estimate of drug-likeness (QED) is 0.692. The summed E-state index contributed by atoms with van der Waals surface area (Å²) in [6, 6.07) is 8.87. The van der Waals surface area contributed by atoms with Crippen LogP contribution in [-0.2, 0) is 4.74 Å². The number of ether oxygens (including phenoxy) is 3. The van der Waals surface area contributed by atoms with E-state index in [0.717, 1.165) is 6.07 Å². The number of carbonyl (C=O) groups is 1. The second-order valence-corrected chi connectivity index (χ2v) is 4.14. The fourth-order valence-corrected chi connectivity index (χ4v) is 1.73. The molecule has 0 heterocycles. The number of hydrogen-bond acceptors (Lipinski definition) is 5. The molecule has 2 aromatic rings. The summed E-state index contributed by atoms with van der Waals surface area (Å²) in [5, 5.41) is 0. The average Bonchev–Trinajstić information content (AvgIpc) is 2.49. The van der Waals surface area contributed by atoms with Crippen molar-refractivity contribution in [1.82, 2.24) is 0 Å². The maximum atomic E-state index is 13.9. The predicted molar refractivity (Wildman–Crippen MR) is 75.2 cm³/mol. The van der Waals surface area contributed by atoms with Crippen molar-refractivity contribution in [3.63, 3.8) is 0 Å². The molecule has 0 saturated carbocycles. The molecule has 0 aliphatic rings. The van der Waals surface area contributed by atoms with Crippen molar-refractivity contribution >= 4 is 11.7 Å². The number of esters is 1. The lowest BCUT2D eigenvalue weighted by Gasteiger charge is -2.11. The first-order valence-electron chi connectivity index (χ1n) is 6.04. The predicted octanol–water partition coefficient (Wildman–Crippen LogP) is 3.00. The highest BCUT2D eigenvalue weighted by Crippen LogP contribution is 2.30. The van der Waals surface area contributed by atoms with Gasteiger partial charge < -0.3 is 19.9 Å². The van der Waals surface area contributed by atoms with Gasteiger partial charge in [0.15, 0.2) is 11.6 Å². The number of anilines is 1. The minimum absolute atomic E-state index is 0.0163.